The molecule has 0 N–H and O–H groups in total. The SMILES string of the molecule is COc1ccc([C@@H]2C3=C(N=c4s/c(=C\c5ccc(-c6cc([N+](=O)[O-])ccc6Cl)o5)c(=O)n42)c2ccccc2CC3)cc1. The zero-order valence-corrected chi connectivity index (χ0v) is 23.8. The minimum Gasteiger partial charge on any atom is -0.497 e. The third-order valence-corrected chi connectivity index (χ3v) is 8.94. The van der Waals surface area contributed by atoms with Gasteiger partial charge in [-0.15, -0.1) is 0 Å². The summed E-state index contributed by atoms with van der Waals surface area (Å²) in [5, 5.41) is 11.6. The van der Waals surface area contributed by atoms with Crippen LogP contribution in [0.15, 0.2) is 98.6 Å². The Kier molecular flexibility index (Phi) is 6.41. The fraction of sp³-hybridized carbons (Fsp3) is 0.125. The summed E-state index contributed by atoms with van der Waals surface area (Å²) in [4.78, 5) is 30.4. The van der Waals surface area contributed by atoms with Crippen LogP contribution < -0.4 is 19.6 Å². The lowest BCUT2D eigenvalue weighted by atomic mass is 9.83. The van der Waals surface area contributed by atoms with Crippen LogP contribution in [0.4, 0.5) is 5.69 Å². The number of aromatic nitrogens is 1. The van der Waals surface area contributed by atoms with Crippen LogP contribution in [0.25, 0.3) is 23.1 Å². The van der Waals surface area contributed by atoms with E-state index in [9.17, 15) is 14.9 Å². The van der Waals surface area contributed by atoms with E-state index in [1.807, 2.05) is 36.4 Å². The molecule has 5 aromatic rings. The zero-order chi connectivity index (χ0) is 29.0. The molecule has 0 radical (unpaired) electrons. The summed E-state index contributed by atoms with van der Waals surface area (Å²) in [7, 11) is 1.63. The second-order valence-electron chi connectivity index (χ2n) is 10.0. The van der Waals surface area contributed by atoms with Crippen molar-refractivity contribution in [2.75, 3.05) is 7.11 Å². The lowest BCUT2D eigenvalue weighted by Gasteiger charge is -2.30. The molecule has 1 atom stereocenters. The number of hydrogen-bond donors (Lipinski definition) is 0. The summed E-state index contributed by atoms with van der Waals surface area (Å²) < 4.78 is 13.6. The topological polar surface area (TPSA) is 99.9 Å². The monoisotopic (exact) mass is 595 g/mol. The molecule has 2 aliphatic rings. The first-order valence-electron chi connectivity index (χ1n) is 13.2. The van der Waals surface area contributed by atoms with Gasteiger partial charge in [-0.1, -0.05) is 59.3 Å². The molecular weight excluding hydrogens is 574 g/mol. The maximum absolute atomic E-state index is 14.0. The number of benzene rings is 3. The van der Waals surface area contributed by atoms with Gasteiger partial charge in [0.2, 0.25) is 0 Å². The number of ether oxygens (including phenoxy) is 1. The third-order valence-electron chi connectivity index (χ3n) is 7.63. The van der Waals surface area contributed by atoms with Gasteiger partial charge in [0.05, 0.1) is 33.3 Å². The van der Waals surface area contributed by atoms with Gasteiger partial charge >= 0.3 is 0 Å². The second-order valence-corrected chi connectivity index (χ2v) is 11.4. The molecular formula is C32H22ClN3O5S. The van der Waals surface area contributed by atoms with E-state index in [0.717, 1.165) is 41.0 Å². The van der Waals surface area contributed by atoms with Crippen LogP contribution in [0, 0.1) is 10.1 Å². The van der Waals surface area contributed by atoms with E-state index >= 15 is 0 Å². The van der Waals surface area contributed by atoms with Crippen molar-refractivity contribution in [2.45, 2.75) is 18.9 Å². The number of nitrogens with zero attached hydrogens (tertiary/aromatic N) is 3. The van der Waals surface area contributed by atoms with Crippen LogP contribution in [0.1, 0.15) is 34.9 Å². The normalized spacial score (nSPS) is 16.0. The fourth-order valence-electron chi connectivity index (χ4n) is 5.63. The number of aryl methyl sites for hydroxylation is 1. The first-order valence-corrected chi connectivity index (χ1v) is 14.4. The molecule has 0 saturated carbocycles. The number of hydrogen-bond acceptors (Lipinski definition) is 7. The van der Waals surface area contributed by atoms with Gasteiger partial charge in [-0.25, -0.2) is 4.99 Å². The van der Waals surface area contributed by atoms with E-state index in [4.69, 9.17) is 25.7 Å². The third kappa shape index (κ3) is 4.38. The van der Waals surface area contributed by atoms with E-state index in [1.165, 1.54) is 35.1 Å². The molecule has 3 heterocycles. The molecule has 8 nitrogen and oxygen atoms in total. The van der Waals surface area contributed by atoms with Crippen LogP contribution in [0.3, 0.4) is 0 Å². The Morgan fingerprint density at radius 3 is 2.67 bits per heavy atom. The number of rotatable bonds is 5. The van der Waals surface area contributed by atoms with Gasteiger partial charge < -0.3 is 9.15 Å². The number of non-ortho nitro benzene ring substituents is 1. The predicted molar refractivity (Wildman–Crippen MR) is 162 cm³/mol. The van der Waals surface area contributed by atoms with Gasteiger partial charge in [0.15, 0.2) is 4.80 Å². The van der Waals surface area contributed by atoms with Crippen molar-refractivity contribution in [1.82, 2.24) is 4.57 Å². The van der Waals surface area contributed by atoms with Gasteiger partial charge in [0.25, 0.3) is 11.2 Å². The number of thiazole rings is 1. The molecule has 0 amide bonds. The highest BCUT2D eigenvalue weighted by atomic mass is 35.5. The Morgan fingerprint density at radius 2 is 1.88 bits per heavy atom. The highest BCUT2D eigenvalue weighted by molar-refractivity contribution is 7.07. The van der Waals surface area contributed by atoms with E-state index in [1.54, 1.807) is 29.9 Å². The molecule has 0 fully saturated rings. The first-order chi connectivity index (χ1) is 20.4. The number of fused-ring (bicyclic) bond motifs is 3. The van der Waals surface area contributed by atoms with Crippen LogP contribution in [-0.4, -0.2) is 16.6 Å². The van der Waals surface area contributed by atoms with Crippen molar-refractivity contribution >= 4 is 40.4 Å². The van der Waals surface area contributed by atoms with Gasteiger partial charge in [0.1, 0.15) is 17.3 Å². The van der Waals surface area contributed by atoms with E-state index in [2.05, 4.69) is 12.1 Å². The zero-order valence-electron chi connectivity index (χ0n) is 22.2. The molecule has 3 aromatic carbocycles. The molecule has 0 saturated heterocycles. The Balaban J connectivity index is 1.37. The van der Waals surface area contributed by atoms with E-state index in [-0.39, 0.29) is 17.3 Å². The molecule has 7 rings (SSSR count). The Bertz CT molecular complexity index is 2110. The highest BCUT2D eigenvalue weighted by Gasteiger charge is 2.32. The fourth-order valence-corrected chi connectivity index (χ4v) is 6.82. The second kappa shape index (κ2) is 10.3. The quantitative estimate of drug-likeness (QED) is 0.179. The van der Waals surface area contributed by atoms with E-state index in [0.29, 0.717) is 31.4 Å². The number of methoxy groups -OCH3 is 1. The first kappa shape index (κ1) is 26.2. The van der Waals surface area contributed by atoms with Crippen LogP contribution in [0.2, 0.25) is 5.02 Å². The highest BCUT2D eigenvalue weighted by Crippen LogP contribution is 2.41. The summed E-state index contributed by atoms with van der Waals surface area (Å²) >= 11 is 7.62. The van der Waals surface area contributed by atoms with Crippen LogP contribution in [0.5, 0.6) is 5.75 Å². The molecule has 0 unspecified atom stereocenters. The molecule has 10 heteroatoms. The summed E-state index contributed by atoms with van der Waals surface area (Å²) in [6.07, 6.45) is 3.35. The number of allylic oxidation sites excluding steroid dienone is 1. The lowest BCUT2D eigenvalue weighted by molar-refractivity contribution is -0.384. The smallest absolute Gasteiger partial charge is 0.271 e. The molecule has 1 aliphatic heterocycles. The number of halogens is 1. The van der Waals surface area contributed by atoms with Crippen molar-refractivity contribution in [3.05, 3.63) is 142 Å². The molecule has 1 aliphatic carbocycles. The maximum atomic E-state index is 14.0. The van der Waals surface area contributed by atoms with Crippen molar-refractivity contribution in [3.8, 4) is 17.1 Å². The van der Waals surface area contributed by atoms with Crippen molar-refractivity contribution in [3.63, 3.8) is 0 Å². The Morgan fingerprint density at radius 1 is 1.07 bits per heavy atom. The number of nitro groups is 1. The van der Waals surface area contributed by atoms with Crippen LogP contribution >= 0.6 is 22.9 Å². The average Bonchev–Trinajstić information content (AvgIpc) is 3.60. The molecule has 2 aromatic heterocycles. The molecule has 208 valence electrons. The number of nitro benzene ring substituents is 1. The number of furan rings is 1. The summed E-state index contributed by atoms with van der Waals surface area (Å²) in [6.45, 7) is 0. The van der Waals surface area contributed by atoms with Crippen molar-refractivity contribution in [1.29, 1.82) is 0 Å². The minimum atomic E-state index is -0.484. The molecule has 0 spiro atoms. The van der Waals surface area contributed by atoms with Gasteiger partial charge in [0, 0.05) is 29.3 Å². The van der Waals surface area contributed by atoms with Crippen LogP contribution in [-0.2, 0) is 6.42 Å². The molecule has 42 heavy (non-hydrogen) atoms. The summed E-state index contributed by atoms with van der Waals surface area (Å²) in [5.74, 6) is 1.53. The standard InChI is InChI=1S/C32H22ClN3O5S/c1-40-21-10-6-19(7-11-21)30-24-13-8-18-4-2-3-5-23(18)29(24)34-32-35(30)31(37)28(42-32)17-22-12-15-27(41-22)25-16-20(36(38)39)9-14-26(25)33/h2-7,9-12,14-17,30H,8,13H2,1H3/b28-17-/t30-/m1/s1. The Hall–Kier alpha value is -4.73. The van der Waals surface area contributed by atoms with Gasteiger partial charge in [-0.2, -0.15) is 0 Å². The molecule has 0 bridgehead atoms. The van der Waals surface area contributed by atoms with Gasteiger partial charge in [-0.3, -0.25) is 19.5 Å². The largest absolute Gasteiger partial charge is 0.497 e. The van der Waals surface area contributed by atoms with E-state index < -0.39 is 4.92 Å². The average molecular weight is 596 g/mol. The minimum absolute atomic E-state index is 0.0928. The predicted octanol–water partition coefficient (Wildman–Crippen LogP) is 6.15. The summed E-state index contributed by atoms with van der Waals surface area (Å²) in [6, 6.07) is 23.4. The lowest BCUT2D eigenvalue weighted by Crippen LogP contribution is -2.38. The maximum Gasteiger partial charge on any atom is 0.271 e. The summed E-state index contributed by atoms with van der Waals surface area (Å²) in [5.41, 5.74) is 5.49. The van der Waals surface area contributed by atoms with Gasteiger partial charge in [-0.05, 0) is 59.9 Å². The van der Waals surface area contributed by atoms with Crippen molar-refractivity contribution in [2.24, 2.45) is 4.99 Å². The Labute approximate surface area is 248 Å². The van der Waals surface area contributed by atoms with Crippen molar-refractivity contribution < 1.29 is 14.1 Å².